The molecular weight excluding hydrogens is 336 g/mol. The molecule has 4 rings (SSSR count). The zero-order chi connectivity index (χ0) is 17.2. The maximum absolute atomic E-state index is 12.9. The van der Waals surface area contributed by atoms with Crippen molar-refractivity contribution in [2.75, 3.05) is 11.9 Å². The molecule has 2 aliphatic carbocycles. The van der Waals surface area contributed by atoms with Crippen molar-refractivity contribution in [2.45, 2.75) is 76.4 Å². The van der Waals surface area contributed by atoms with Crippen LogP contribution in [0.4, 0.5) is 5.00 Å². The quantitative estimate of drug-likeness (QED) is 0.862. The smallest absolute Gasteiger partial charge is 0.254 e. The van der Waals surface area contributed by atoms with Gasteiger partial charge in [-0.3, -0.25) is 9.59 Å². The van der Waals surface area contributed by atoms with Gasteiger partial charge in [0.1, 0.15) is 11.1 Å². The Labute approximate surface area is 152 Å². The minimum absolute atomic E-state index is 0.0109. The van der Waals surface area contributed by atoms with Crippen molar-refractivity contribution < 1.29 is 14.3 Å². The van der Waals surface area contributed by atoms with Crippen LogP contribution in [0.3, 0.4) is 0 Å². The fourth-order valence-corrected chi connectivity index (χ4v) is 5.00. The Morgan fingerprint density at radius 2 is 1.80 bits per heavy atom. The Morgan fingerprint density at radius 3 is 2.52 bits per heavy atom. The third-order valence-corrected chi connectivity index (χ3v) is 6.48. The third kappa shape index (κ3) is 3.90. The lowest BCUT2D eigenvalue weighted by Crippen LogP contribution is -2.30. The minimum Gasteiger partial charge on any atom is -0.368 e. The fraction of sp³-hybridized carbons (Fsp3) is 0.684. The molecular formula is C19H26N2O3S. The number of carbonyl (C=O) groups is 2. The second-order valence-electron chi connectivity index (χ2n) is 7.36. The summed E-state index contributed by atoms with van der Waals surface area (Å²) in [5.74, 6) is -0.115. The highest BCUT2D eigenvalue weighted by molar-refractivity contribution is 7.17. The summed E-state index contributed by atoms with van der Waals surface area (Å²) in [4.78, 5) is 26.7. The molecule has 5 nitrogen and oxygen atoms in total. The average molecular weight is 362 g/mol. The van der Waals surface area contributed by atoms with Gasteiger partial charge < -0.3 is 15.4 Å². The van der Waals surface area contributed by atoms with Crippen molar-refractivity contribution in [1.82, 2.24) is 5.32 Å². The summed E-state index contributed by atoms with van der Waals surface area (Å²) in [6.45, 7) is 0.647. The van der Waals surface area contributed by atoms with Gasteiger partial charge in [-0.1, -0.05) is 12.8 Å². The lowest BCUT2D eigenvalue weighted by molar-refractivity contribution is -0.124. The van der Waals surface area contributed by atoms with E-state index < -0.39 is 0 Å². The summed E-state index contributed by atoms with van der Waals surface area (Å²) in [6.07, 6.45) is 10.1. The van der Waals surface area contributed by atoms with Gasteiger partial charge in [-0.25, -0.2) is 0 Å². The number of amides is 2. The monoisotopic (exact) mass is 362 g/mol. The first-order valence-corrected chi connectivity index (χ1v) is 10.4. The first-order chi connectivity index (χ1) is 12.2. The van der Waals surface area contributed by atoms with Gasteiger partial charge in [-0.15, -0.1) is 11.3 Å². The molecule has 2 fully saturated rings. The van der Waals surface area contributed by atoms with Crippen molar-refractivity contribution in [2.24, 2.45) is 0 Å². The number of aryl methyl sites for hydroxylation is 1. The maximum Gasteiger partial charge on any atom is 0.254 e. The van der Waals surface area contributed by atoms with Crippen LogP contribution in [-0.2, 0) is 22.4 Å². The second-order valence-corrected chi connectivity index (χ2v) is 8.47. The van der Waals surface area contributed by atoms with Gasteiger partial charge >= 0.3 is 0 Å². The molecule has 2 heterocycles. The van der Waals surface area contributed by atoms with E-state index in [4.69, 9.17) is 4.74 Å². The molecule has 1 atom stereocenters. The van der Waals surface area contributed by atoms with Crippen LogP contribution in [0.25, 0.3) is 0 Å². The van der Waals surface area contributed by atoms with Gasteiger partial charge in [0.05, 0.1) is 5.56 Å². The van der Waals surface area contributed by atoms with Crippen molar-refractivity contribution in [1.29, 1.82) is 0 Å². The van der Waals surface area contributed by atoms with Crippen LogP contribution >= 0.6 is 11.3 Å². The molecule has 1 unspecified atom stereocenters. The molecule has 1 aromatic heterocycles. The first-order valence-electron chi connectivity index (χ1n) is 9.60. The topological polar surface area (TPSA) is 67.4 Å². The number of fused-ring (bicyclic) bond motifs is 1. The van der Waals surface area contributed by atoms with Crippen molar-refractivity contribution in [3.63, 3.8) is 0 Å². The molecule has 1 saturated heterocycles. The highest BCUT2D eigenvalue weighted by atomic mass is 32.1. The van der Waals surface area contributed by atoms with Crippen LogP contribution in [-0.4, -0.2) is 30.6 Å². The number of thiophene rings is 1. The lowest BCUT2D eigenvalue weighted by Gasteiger charge is -2.13. The van der Waals surface area contributed by atoms with Crippen molar-refractivity contribution >= 4 is 28.2 Å². The van der Waals surface area contributed by atoms with Crippen molar-refractivity contribution in [3.05, 3.63) is 16.0 Å². The van der Waals surface area contributed by atoms with Crippen LogP contribution < -0.4 is 10.6 Å². The van der Waals surface area contributed by atoms with Gasteiger partial charge in [0, 0.05) is 17.5 Å². The van der Waals surface area contributed by atoms with Crippen molar-refractivity contribution in [3.8, 4) is 0 Å². The molecule has 0 radical (unpaired) electrons. The summed E-state index contributed by atoms with van der Waals surface area (Å²) in [5, 5.41) is 6.86. The summed E-state index contributed by atoms with van der Waals surface area (Å²) in [6, 6.07) is 0.318. The number of anilines is 1. The minimum atomic E-state index is -0.371. The zero-order valence-corrected chi connectivity index (χ0v) is 15.4. The number of rotatable bonds is 4. The number of ether oxygens (including phenoxy) is 1. The highest BCUT2D eigenvalue weighted by Gasteiger charge is 2.31. The molecule has 2 amide bonds. The van der Waals surface area contributed by atoms with E-state index in [1.165, 1.54) is 23.3 Å². The number of nitrogens with one attached hydrogen (secondary N) is 2. The summed E-state index contributed by atoms with van der Waals surface area (Å²) in [7, 11) is 0. The van der Waals surface area contributed by atoms with E-state index in [1.54, 1.807) is 11.3 Å². The Kier molecular flexibility index (Phi) is 5.08. The van der Waals surface area contributed by atoms with E-state index in [2.05, 4.69) is 10.6 Å². The molecule has 6 heteroatoms. The molecule has 25 heavy (non-hydrogen) atoms. The van der Waals surface area contributed by atoms with Crippen LogP contribution in [0, 0.1) is 0 Å². The van der Waals surface area contributed by atoms with E-state index in [0.717, 1.165) is 61.9 Å². The van der Waals surface area contributed by atoms with Gasteiger partial charge in [0.25, 0.3) is 11.8 Å². The number of hydrogen-bond donors (Lipinski definition) is 2. The Morgan fingerprint density at radius 1 is 1.00 bits per heavy atom. The number of carbonyl (C=O) groups excluding carboxylic acids is 2. The largest absolute Gasteiger partial charge is 0.368 e. The molecule has 3 aliphatic rings. The highest BCUT2D eigenvalue weighted by Crippen LogP contribution is 2.38. The van der Waals surface area contributed by atoms with E-state index >= 15 is 0 Å². The van der Waals surface area contributed by atoms with Gasteiger partial charge in [-0.2, -0.15) is 0 Å². The third-order valence-electron chi connectivity index (χ3n) is 5.27. The van der Waals surface area contributed by atoms with Gasteiger partial charge in [-0.05, 0) is 56.9 Å². The Bertz CT molecular complexity index is 660. The Hall–Kier alpha value is -1.40. The molecule has 1 saturated carbocycles. The molecule has 1 aromatic rings. The van der Waals surface area contributed by atoms with Crippen LogP contribution in [0.1, 0.15) is 72.2 Å². The van der Waals surface area contributed by atoms with Gasteiger partial charge in [0.2, 0.25) is 0 Å². The zero-order valence-electron chi connectivity index (χ0n) is 14.6. The molecule has 136 valence electrons. The molecule has 1 aliphatic heterocycles. The molecule has 0 spiro atoms. The molecule has 2 N–H and O–H groups in total. The first kappa shape index (κ1) is 17.0. The van der Waals surface area contributed by atoms with E-state index in [-0.39, 0.29) is 17.9 Å². The second kappa shape index (κ2) is 7.46. The fourth-order valence-electron chi connectivity index (χ4n) is 3.71. The van der Waals surface area contributed by atoms with Crippen LogP contribution in [0.2, 0.25) is 0 Å². The van der Waals surface area contributed by atoms with E-state index in [0.29, 0.717) is 12.6 Å². The molecule has 0 aromatic carbocycles. The van der Waals surface area contributed by atoms with E-state index in [9.17, 15) is 9.59 Å². The summed E-state index contributed by atoms with van der Waals surface area (Å²) < 4.78 is 5.50. The SMILES string of the molecule is O=C(NC1CC1)c1c(NC(=O)C2CCCO2)sc2c1CCCCCC2. The van der Waals surface area contributed by atoms with Crippen LogP contribution in [0.5, 0.6) is 0 Å². The standard InChI is InChI=1S/C19H26N2O3S/c22-17(14-7-5-11-24-14)21-19-16(18(23)20-12-9-10-12)13-6-3-1-2-4-8-15(13)25-19/h12,14H,1-11H2,(H,20,23)(H,21,22). The lowest BCUT2D eigenvalue weighted by atomic mass is 9.96. The predicted octanol–water partition coefficient (Wildman–Crippen LogP) is 3.42. The maximum atomic E-state index is 12.9. The number of hydrogen-bond acceptors (Lipinski definition) is 4. The molecule has 0 bridgehead atoms. The van der Waals surface area contributed by atoms with E-state index in [1.807, 2.05) is 0 Å². The Balaban J connectivity index is 1.61. The summed E-state index contributed by atoms with van der Waals surface area (Å²) in [5.41, 5.74) is 1.89. The van der Waals surface area contributed by atoms with Crippen LogP contribution in [0.15, 0.2) is 0 Å². The summed E-state index contributed by atoms with van der Waals surface area (Å²) >= 11 is 1.60. The normalized spacial score (nSPS) is 23.4. The predicted molar refractivity (Wildman–Crippen MR) is 98.3 cm³/mol. The van der Waals surface area contributed by atoms with Gasteiger partial charge in [0.15, 0.2) is 0 Å². The average Bonchev–Trinajstić information content (AvgIpc) is 3.09.